The number of carbonyl (C=O) groups is 1. The third kappa shape index (κ3) is 8.63. The van der Waals surface area contributed by atoms with E-state index in [0.717, 1.165) is 50.7 Å². The number of hydrogen-bond donors (Lipinski definition) is 2. The Kier molecular flexibility index (Phi) is 9.40. The molecule has 1 fully saturated rings. The number of aromatic nitrogens is 1. The van der Waals surface area contributed by atoms with Gasteiger partial charge in [-0.25, -0.2) is 9.78 Å². The standard InChI is InChI=1S/C23H40N6O2/c1-7-24-21(26-15-11-18(2)28(6)22(30)31-23(3,4)5)27-19-12-16-29(17-13-19)20-10-8-9-14-25-20/h8-10,14,18-19H,7,11-13,15-17H2,1-6H3,(H2,24,26,27). The number of nitrogens with zero attached hydrogens (tertiary/aromatic N) is 4. The minimum absolute atomic E-state index is 0.0445. The minimum Gasteiger partial charge on any atom is -0.444 e. The van der Waals surface area contributed by atoms with Gasteiger partial charge in [0.15, 0.2) is 5.96 Å². The number of anilines is 1. The zero-order valence-corrected chi connectivity index (χ0v) is 20.0. The van der Waals surface area contributed by atoms with Crippen LogP contribution in [-0.2, 0) is 4.74 Å². The van der Waals surface area contributed by atoms with Gasteiger partial charge in [0.1, 0.15) is 11.4 Å². The zero-order chi connectivity index (χ0) is 22.9. The molecule has 0 bridgehead atoms. The second-order valence-corrected chi connectivity index (χ2v) is 9.08. The molecule has 0 aromatic carbocycles. The fourth-order valence-corrected chi connectivity index (χ4v) is 3.38. The van der Waals surface area contributed by atoms with Gasteiger partial charge in [0, 0.05) is 51.5 Å². The Bertz CT molecular complexity index is 696. The molecule has 8 nitrogen and oxygen atoms in total. The van der Waals surface area contributed by atoms with Crippen molar-refractivity contribution in [1.82, 2.24) is 20.5 Å². The molecule has 8 heteroatoms. The minimum atomic E-state index is -0.489. The van der Waals surface area contributed by atoms with Crippen molar-refractivity contribution in [3.8, 4) is 0 Å². The third-order valence-corrected chi connectivity index (χ3v) is 5.31. The van der Waals surface area contributed by atoms with Crippen LogP contribution >= 0.6 is 0 Å². The number of guanidine groups is 1. The second kappa shape index (κ2) is 11.8. The molecule has 0 saturated carbocycles. The van der Waals surface area contributed by atoms with E-state index in [1.54, 1.807) is 11.9 Å². The van der Waals surface area contributed by atoms with Crippen molar-refractivity contribution in [2.75, 3.05) is 38.1 Å². The molecular weight excluding hydrogens is 392 g/mol. The predicted octanol–water partition coefficient (Wildman–Crippen LogP) is 3.25. The summed E-state index contributed by atoms with van der Waals surface area (Å²) in [5.74, 6) is 1.88. The Balaban J connectivity index is 1.80. The maximum absolute atomic E-state index is 12.2. The largest absolute Gasteiger partial charge is 0.444 e. The molecule has 1 saturated heterocycles. The Morgan fingerprint density at radius 2 is 2.06 bits per heavy atom. The first kappa shape index (κ1) is 24.8. The monoisotopic (exact) mass is 432 g/mol. The molecule has 2 N–H and O–H groups in total. The molecule has 1 aliphatic heterocycles. The van der Waals surface area contributed by atoms with Crippen molar-refractivity contribution >= 4 is 17.9 Å². The number of nitrogens with one attached hydrogen (secondary N) is 2. The van der Waals surface area contributed by atoms with Crippen LogP contribution in [0.2, 0.25) is 0 Å². The highest BCUT2D eigenvalue weighted by atomic mass is 16.6. The van der Waals surface area contributed by atoms with Crippen LogP contribution in [0.5, 0.6) is 0 Å². The quantitative estimate of drug-likeness (QED) is 0.508. The maximum atomic E-state index is 12.2. The average Bonchev–Trinajstić information content (AvgIpc) is 2.73. The summed E-state index contributed by atoms with van der Waals surface area (Å²) in [7, 11) is 1.78. The van der Waals surface area contributed by atoms with E-state index in [0.29, 0.717) is 12.6 Å². The Hall–Kier alpha value is -2.51. The number of aliphatic imine (C=N–C) groups is 1. The van der Waals surface area contributed by atoms with Crippen molar-refractivity contribution in [2.45, 2.75) is 71.6 Å². The Labute approximate surface area is 187 Å². The summed E-state index contributed by atoms with van der Waals surface area (Å²) in [4.78, 5) is 25.4. The van der Waals surface area contributed by atoms with Gasteiger partial charge in [0.25, 0.3) is 0 Å². The highest BCUT2D eigenvalue weighted by Gasteiger charge is 2.23. The fraction of sp³-hybridized carbons (Fsp3) is 0.696. The van der Waals surface area contributed by atoms with Crippen LogP contribution in [-0.4, -0.2) is 72.8 Å². The van der Waals surface area contributed by atoms with Gasteiger partial charge in [-0.3, -0.25) is 4.99 Å². The van der Waals surface area contributed by atoms with E-state index in [1.807, 2.05) is 46.0 Å². The van der Waals surface area contributed by atoms with Crippen LogP contribution in [0.25, 0.3) is 0 Å². The number of ether oxygens (including phenoxy) is 1. The van der Waals surface area contributed by atoms with Crippen molar-refractivity contribution in [3.63, 3.8) is 0 Å². The average molecular weight is 433 g/mol. The molecule has 2 heterocycles. The lowest BCUT2D eigenvalue weighted by Crippen LogP contribution is -2.49. The molecule has 174 valence electrons. The summed E-state index contributed by atoms with van der Waals surface area (Å²) in [6, 6.07) is 6.48. The van der Waals surface area contributed by atoms with E-state index >= 15 is 0 Å². The summed E-state index contributed by atoms with van der Waals surface area (Å²) in [5.41, 5.74) is -0.489. The first-order chi connectivity index (χ1) is 14.7. The zero-order valence-electron chi connectivity index (χ0n) is 20.0. The molecule has 1 unspecified atom stereocenters. The number of hydrogen-bond acceptors (Lipinski definition) is 5. The number of carbonyl (C=O) groups excluding carboxylic acids is 1. The SMILES string of the molecule is CCNC(=NCCC(C)N(C)C(=O)OC(C)(C)C)NC1CCN(c2ccccn2)CC1. The molecule has 1 amide bonds. The molecule has 1 aromatic heterocycles. The Morgan fingerprint density at radius 3 is 2.65 bits per heavy atom. The molecule has 2 rings (SSSR count). The second-order valence-electron chi connectivity index (χ2n) is 9.08. The summed E-state index contributed by atoms with van der Waals surface area (Å²) in [5, 5.41) is 6.91. The highest BCUT2D eigenvalue weighted by molar-refractivity contribution is 5.80. The van der Waals surface area contributed by atoms with Gasteiger partial charge in [-0.15, -0.1) is 0 Å². The van der Waals surface area contributed by atoms with Gasteiger partial charge in [0.2, 0.25) is 0 Å². The molecule has 1 aromatic rings. The summed E-state index contributed by atoms with van der Waals surface area (Å²) in [6.07, 6.45) is 4.40. The van der Waals surface area contributed by atoms with Crippen LogP contribution in [0.15, 0.2) is 29.4 Å². The third-order valence-electron chi connectivity index (χ3n) is 5.31. The smallest absolute Gasteiger partial charge is 0.410 e. The van der Waals surface area contributed by atoms with E-state index in [4.69, 9.17) is 9.73 Å². The summed E-state index contributed by atoms with van der Waals surface area (Å²) in [6.45, 7) is 13.1. The van der Waals surface area contributed by atoms with Crippen molar-refractivity contribution in [3.05, 3.63) is 24.4 Å². The van der Waals surface area contributed by atoms with E-state index in [-0.39, 0.29) is 12.1 Å². The maximum Gasteiger partial charge on any atom is 0.410 e. The van der Waals surface area contributed by atoms with E-state index in [2.05, 4.69) is 33.5 Å². The van der Waals surface area contributed by atoms with Gasteiger partial charge in [-0.1, -0.05) is 6.07 Å². The molecule has 0 spiro atoms. The van der Waals surface area contributed by atoms with Crippen LogP contribution < -0.4 is 15.5 Å². The van der Waals surface area contributed by atoms with Crippen LogP contribution in [0.3, 0.4) is 0 Å². The van der Waals surface area contributed by atoms with Crippen LogP contribution in [0.1, 0.15) is 53.9 Å². The molecular formula is C23H40N6O2. The Morgan fingerprint density at radius 1 is 1.35 bits per heavy atom. The van der Waals surface area contributed by atoms with E-state index in [9.17, 15) is 4.79 Å². The molecule has 1 aliphatic rings. The number of amides is 1. The van der Waals surface area contributed by atoms with Crippen LogP contribution in [0, 0.1) is 0 Å². The van der Waals surface area contributed by atoms with Crippen LogP contribution in [0.4, 0.5) is 10.6 Å². The lowest BCUT2D eigenvalue weighted by atomic mass is 10.1. The topological polar surface area (TPSA) is 82.1 Å². The lowest BCUT2D eigenvalue weighted by molar-refractivity contribution is 0.0231. The van der Waals surface area contributed by atoms with Gasteiger partial charge in [-0.2, -0.15) is 0 Å². The fourth-order valence-electron chi connectivity index (χ4n) is 3.38. The molecule has 31 heavy (non-hydrogen) atoms. The van der Waals surface area contributed by atoms with Crippen molar-refractivity contribution in [1.29, 1.82) is 0 Å². The molecule has 1 atom stereocenters. The predicted molar refractivity (Wildman–Crippen MR) is 127 cm³/mol. The number of rotatable bonds is 7. The van der Waals surface area contributed by atoms with Crippen molar-refractivity contribution < 1.29 is 9.53 Å². The lowest BCUT2D eigenvalue weighted by Gasteiger charge is -2.33. The number of piperidine rings is 1. The summed E-state index contributed by atoms with van der Waals surface area (Å²) >= 11 is 0. The molecule has 0 aliphatic carbocycles. The van der Waals surface area contributed by atoms with Gasteiger partial charge >= 0.3 is 6.09 Å². The van der Waals surface area contributed by atoms with Crippen molar-refractivity contribution in [2.24, 2.45) is 4.99 Å². The first-order valence-electron chi connectivity index (χ1n) is 11.4. The highest BCUT2D eigenvalue weighted by Crippen LogP contribution is 2.17. The first-order valence-corrected chi connectivity index (χ1v) is 11.4. The van der Waals surface area contributed by atoms with E-state index < -0.39 is 5.60 Å². The van der Waals surface area contributed by atoms with Gasteiger partial charge in [0.05, 0.1) is 0 Å². The normalized spacial score (nSPS) is 16.6. The van der Waals surface area contributed by atoms with Gasteiger partial charge in [-0.05, 0) is 66.0 Å². The molecule has 0 radical (unpaired) electrons. The summed E-state index contributed by atoms with van der Waals surface area (Å²) < 4.78 is 5.45. The van der Waals surface area contributed by atoms with E-state index in [1.165, 1.54) is 0 Å². The van der Waals surface area contributed by atoms with Gasteiger partial charge < -0.3 is 25.2 Å². The number of pyridine rings is 1.